The molecule has 2 heterocycles. The van der Waals surface area contributed by atoms with E-state index >= 15 is 0 Å². The van der Waals surface area contributed by atoms with Crippen LogP contribution in [0.15, 0.2) is 65.8 Å². The van der Waals surface area contributed by atoms with Crippen molar-refractivity contribution in [2.75, 3.05) is 28.1 Å². The van der Waals surface area contributed by atoms with Crippen LogP contribution in [0.4, 0.5) is 23.0 Å². The Morgan fingerprint density at radius 2 is 1.44 bits per heavy atom. The number of hydrogen-bond acceptors (Lipinski definition) is 11. The van der Waals surface area contributed by atoms with E-state index in [-0.39, 0.29) is 31.7 Å². The average molecular weight is 779 g/mol. The normalized spacial score (nSPS) is 11.0. The lowest BCUT2D eigenvalue weighted by Crippen LogP contribution is -2.38. The van der Waals surface area contributed by atoms with Crippen LogP contribution in [0.1, 0.15) is 10.4 Å². The monoisotopic (exact) mass is 776 g/mol. The molecule has 0 saturated heterocycles. The zero-order valence-corrected chi connectivity index (χ0v) is 28.1. The van der Waals surface area contributed by atoms with Crippen molar-refractivity contribution in [1.29, 1.82) is 0 Å². The molecule has 21 heteroatoms. The second-order valence-corrected chi connectivity index (χ2v) is 13.2. The molecule has 2 aromatic carbocycles. The number of phenolic OH excluding ortho intramolecular Hbond substituents is 1. The van der Waals surface area contributed by atoms with Crippen molar-refractivity contribution in [3.05, 3.63) is 102 Å². The SMILES string of the molecule is O=C(COC(=O)c1cc(N(CC(=O)Nc2ncc(Cl)cc2Cl)S(=O)(=O)c2cc([N+](=O)[O-])ccc2Cl)ccc1O)Nc1ncc(Cl)cc1Cl. The number of benzene rings is 2. The number of nitro groups is 1. The number of esters is 1. The average Bonchev–Trinajstić information content (AvgIpc) is 3.01. The molecular formula is C27H17Cl5N6O9S. The number of amides is 2. The number of pyridine rings is 2. The van der Waals surface area contributed by atoms with E-state index in [9.17, 15) is 38.0 Å². The Morgan fingerprint density at radius 1 is 0.854 bits per heavy atom. The summed E-state index contributed by atoms with van der Waals surface area (Å²) in [5, 5.41) is 26.3. The molecule has 4 rings (SSSR count). The fraction of sp³-hybridized carbons (Fsp3) is 0.0741. The number of halogens is 5. The van der Waals surface area contributed by atoms with Gasteiger partial charge in [0, 0.05) is 24.5 Å². The first-order valence-corrected chi connectivity index (χ1v) is 16.1. The number of non-ortho nitro benzene ring substituents is 1. The van der Waals surface area contributed by atoms with E-state index < -0.39 is 78.5 Å². The number of aromatic nitrogens is 2. The second kappa shape index (κ2) is 15.2. The highest BCUT2D eigenvalue weighted by atomic mass is 35.5. The molecule has 0 aliphatic heterocycles. The lowest BCUT2D eigenvalue weighted by molar-refractivity contribution is -0.385. The van der Waals surface area contributed by atoms with Gasteiger partial charge in [0.25, 0.3) is 21.6 Å². The predicted octanol–water partition coefficient (Wildman–Crippen LogP) is 5.99. The molecular weight excluding hydrogens is 762 g/mol. The highest BCUT2D eigenvalue weighted by Gasteiger charge is 2.32. The number of aromatic hydroxyl groups is 1. The van der Waals surface area contributed by atoms with Gasteiger partial charge in [-0.3, -0.25) is 24.0 Å². The number of phenols is 1. The third-order valence-corrected chi connectivity index (χ3v) is 9.18. The Morgan fingerprint density at radius 3 is 2.00 bits per heavy atom. The van der Waals surface area contributed by atoms with Gasteiger partial charge in [0.15, 0.2) is 18.2 Å². The van der Waals surface area contributed by atoms with Crippen molar-refractivity contribution >= 4 is 109 Å². The predicted molar refractivity (Wildman–Crippen MR) is 177 cm³/mol. The first-order chi connectivity index (χ1) is 22.6. The Bertz CT molecular complexity index is 2070. The summed E-state index contributed by atoms with van der Waals surface area (Å²) >= 11 is 29.8. The molecule has 0 aliphatic rings. The molecule has 2 aromatic heterocycles. The van der Waals surface area contributed by atoms with E-state index in [1.54, 1.807) is 0 Å². The topological polar surface area (TPSA) is 211 Å². The van der Waals surface area contributed by atoms with E-state index in [0.29, 0.717) is 10.4 Å². The Balaban J connectivity index is 1.67. The van der Waals surface area contributed by atoms with Crippen molar-refractivity contribution in [3.63, 3.8) is 0 Å². The number of nitrogens with zero attached hydrogens (tertiary/aromatic N) is 4. The van der Waals surface area contributed by atoms with E-state index in [1.165, 1.54) is 24.5 Å². The number of anilines is 3. The standard InChI is InChI=1S/C27H17Cl5N6O9S/c28-13-5-19(31)25(33-9-13)35-23(40)11-37(48(45,46)22-8-16(38(43)44)1-3-18(22)30)15-2-4-21(39)17(7-15)27(42)47-12-24(41)36-26-20(32)6-14(29)10-34-26/h1-10,39H,11-12H2,(H,33,35,40)(H,34,36,41). The summed E-state index contributed by atoms with van der Waals surface area (Å²) in [6.07, 6.45) is 2.37. The van der Waals surface area contributed by atoms with Crippen molar-refractivity contribution < 1.29 is 37.6 Å². The molecule has 48 heavy (non-hydrogen) atoms. The molecule has 3 N–H and O–H groups in total. The van der Waals surface area contributed by atoms with Gasteiger partial charge in [0.2, 0.25) is 5.91 Å². The number of nitrogens with one attached hydrogen (secondary N) is 2. The van der Waals surface area contributed by atoms with Crippen LogP contribution >= 0.6 is 58.0 Å². The van der Waals surface area contributed by atoms with Gasteiger partial charge in [-0.05, 0) is 36.4 Å². The quantitative estimate of drug-likeness (QED) is 0.0915. The van der Waals surface area contributed by atoms with E-state index in [2.05, 4.69) is 20.6 Å². The maximum atomic E-state index is 14.0. The molecule has 0 atom stereocenters. The molecule has 0 unspecified atom stereocenters. The van der Waals surface area contributed by atoms with Crippen molar-refractivity contribution in [1.82, 2.24) is 9.97 Å². The van der Waals surface area contributed by atoms with Crippen LogP contribution < -0.4 is 14.9 Å². The summed E-state index contributed by atoms with van der Waals surface area (Å²) in [5.74, 6) is -4.14. The largest absolute Gasteiger partial charge is 0.507 e. The zero-order chi connectivity index (χ0) is 35.3. The summed E-state index contributed by atoms with van der Waals surface area (Å²) in [6, 6.07) is 7.97. The minimum absolute atomic E-state index is 0.00386. The second-order valence-electron chi connectivity index (χ2n) is 9.23. The van der Waals surface area contributed by atoms with Gasteiger partial charge in [-0.2, -0.15) is 0 Å². The van der Waals surface area contributed by atoms with Crippen molar-refractivity contribution in [2.45, 2.75) is 4.90 Å². The molecule has 0 aliphatic carbocycles. The lowest BCUT2D eigenvalue weighted by atomic mass is 10.1. The van der Waals surface area contributed by atoms with Crippen LogP contribution in [-0.4, -0.2) is 59.4 Å². The van der Waals surface area contributed by atoms with Crippen LogP contribution in [-0.2, 0) is 24.3 Å². The third-order valence-electron chi connectivity index (χ3n) is 5.93. The van der Waals surface area contributed by atoms with Gasteiger partial charge in [-0.25, -0.2) is 23.2 Å². The highest BCUT2D eigenvalue weighted by Crippen LogP contribution is 2.34. The fourth-order valence-corrected chi connectivity index (χ4v) is 6.54. The number of rotatable bonds is 11. The molecule has 0 bridgehead atoms. The van der Waals surface area contributed by atoms with Crippen molar-refractivity contribution in [3.8, 4) is 5.75 Å². The Kier molecular flexibility index (Phi) is 11.5. The zero-order valence-electron chi connectivity index (χ0n) is 23.5. The number of nitro benzene ring substituents is 1. The van der Waals surface area contributed by atoms with Gasteiger partial charge < -0.3 is 20.5 Å². The van der Waals surface area contributed by atoms with E-state index in [4.69, 9.17) is 62.7 Å². The minimum atomic E-state index is -4.93. The number of carbonyl (C=O) groups is 3. The third kappa shape index (κ3) is 8.71. The van der Waals surface area contributed by atoms with Gasteiger partial charge in [0.05, 0.1) is 35.7 Å². The van der Waals surface area contributed by atoms with E-state index in [0.717, 1.165) is 30.3 Å². The smallest absolute Gasteiger partial charge is 0.342 e. The van der Waals surface area contributed by atoms with Gasteiger partial charge in [0.1, 0.15) is 22.8 Å². The summed E-state index contributed by atoms with van der Waals surface area (Å²) in [4.78, 5) is 55.9. The van der Waals surface area contributed by atoms with Crippen LogP contribution in [0.2, 0.25) is 25.1 Å². The Hall–Kier alpha value is -4.45. The summed E-state index contributed by atoms with van der Waals surface area (Å²) in [7, 11) is -4.93. The number of ether oxygens (including phenoxy) is 1. The minimum Gasteiger partial charge on any atom is -0.507 e. The van der Waals surface area contributed by atoms with Gasteiger partial charge in [-0.1, -0.05) is 58.0 Å². The first kappa shape index (κ1) is 36.4. The van der Waals surface area contributed by atoms with Crippen LogP contribution in [0.25, 0.3) is 0 Å². The number of sulfonamides is 1. The van der Waals surface area contributed by atoms with Crippen molar-refractivity contribution in [2.24, 2.45) is 0 Å². The molecule has 4 aromatic rings. The highest BCUT2D eigenvalue weighted by molar-refractivity contribution is 7.93. The van der Waals surface area contributed by atoms with Crippen LogP contribution in [0, 0.1) is 10.1 Å². The van der Waals surface area contributed by atoms with Crippen LogP contribution in [0.5, 0.6) is 5.75 Å². The number of hydrogen-bond donors (Lipinski definition) is 3. The molecule has 0 saturated carbocycles. The Labute approximate surface area is 295 Å². The summed E-state index contributed by atoms with van der Waals surface area (Å²) in [5.41, 5.74) is -1.67. The van der Waals surface area contributed by atoms with Gasteiger partial charge >= 0.3 is 5.97 Å². The summed E-state index contributed by atoms with van der Waals surface area (Å²) in [6.45, 7) is -1.93. The molecule has 15 nitrogen and oxygen atoms in total. The van der Waals surface area contributed by atoms with E-state index in [1.807, 2.05) is 0 Å². The maximum absolute atomic E-state index is 14.0. The van der Waals surface area contributed by atoms with Gasteiger partial charge in [-0.15, -0.1) is 0 Å². The molecule has 0 radical (unpaired) electrons. The molecule has 250 valence electrons. The molecule has 0 fully saturated rings. The summed E-state index contributed by atoms with van der Waals surface area (Å²) < 4.78 is 33.3. The molecule has 0 spiro atoms. The van der Waals surface area contributed by atoms with Crippen LogP contribution in [0.3, 0.4) is 0 Å². The maximum Gasteiger partial charge on any atom is 0.342 e. The fourth-order valence-electron chi connectivity index (χ4n) is 3.77. The first-order valence-electron chi connectivity index (χ1n) is 12.8. The number of carbonyl (C=O) groups excluding carboxylic acids is 3. The molecule has 2 amide bonds. The lowest BCUT2D eigenvalue weighted by Gasteiger charge is -2.25.